The number of carbonyl (C=O) groups excluding carboxylic acids is 8. The standard InChI is InChI=1S/2C11H7ClN4O2.2C11H5ClN4O2.C8H6N2.C6H2N2O3.C5H5ClN2.BH4.Na/c4*12-6-1-2-7(15-5-6)16-10(17)8-9(11(16)18)14-4-3-13-8;1-2-4-8-7(3-1)9-5-6-10-8;9-5-3-4(6(10)11-5)8-2-1-7-3;6-4-1-2-5(7)8-3-4;;/h2*1-5,10,17H;2*1-5H;1-6H;1-2H;1-3H,(H2,7,8);1H4;/q;;;;;;;-1;+1/i3D,4D;10D;3D,4D;;1D,2D,3D,4D,5D,6D;1D,2D;;1D4;. The Labute approximate surface area is 650 Å². The third-order valence-corrected chi connectivity index (χ3v) is 13.9. The molecule has 4 N–H and O–H groups in total. The number of nitrogen functional groups attached to an aromatic ring is 1. The van der Waals surface area contributed by atoms with Gasteiger partial charge in [0.25, 0.3) is 35.4 Å². The molecule has 12 aromatic rings. The molecule has 0 radical (unpaired) electrons. The molecular weight excluding hydrogens is 1450 g/mol. The summed E-state index contributed by atoms with van der Waals surface area (Å²) in [7, 11) is -3.00. The van der Waals surface area contributed by atoms with Crippen LogP contribution >= 0.6 is 58.0 Å². The maximum atomic E-state index is 12.2. The molecule has 103 heavy (non-hydrogen) atoms. The Kier molecular flexibility index (Phi) is 18.2. The Hall–Kier alpha value is -11.7. The second kappa shape index (κ2) is 34.1. The minimum atomic E-state index is -3.00. The van der Waals surface area contributed by atoms with Crippen LogP contribution in [0.1, 0.15) is 126 Å². The van der Waals surface area contributed by atoms with Gasteiger partial charge in [-0.05, 0) is 72.7 Å². The van der Waals surface area contributed by atoms with Crippen LogP contribution in [0.5, 0.6) is 0 Å². The van der Waals surface area contributed by atoms with Gasteiger partial charge in [0.2, 0.25) is 0 Å². The Morgan fingerprint density at radius 1 is 0.398 bits per heavy atom. The summed E-state index contributed by atoms with van der Waals surface area (Å²) in [6.07, 6.45) is 5.02. The minimum absolute atomic E-state index is 0. The number of ether oxygens (including phenoxy) is 1. The van der Waals surface area contributed by atoms with Gasteiger partial charge in [0.1, 0.15) is 40.5 Å². The van der Waals surface area contributed by atoms with E-state index in [1.807, 2.05) is 0 Å². The third kappa shape index (κ3) is 17.0. The molecule has 33 nitrogen and oxygen atoms in total. The van der Waals surface area contributed by atoms with Crippen molar-refractivity contribution in [2.75, 3.05) is 25.3 Å². The van der Waals surface area contributed by atoms with Crippen molar-refractivity contribution in [3.8, 4) is 0 Å². The van der Waals surface area contributed by atoms with Gasteiger partial charge in [-0.1, -0.05) is 78.4 Å². The van der Waals surface area contributed by atoms with E-state index < -0.39 is 130 Å². The number of aromatic nitrogens is 17. The molecule has 2 unspecified atom stereocenters. The number of anilines is 5. The number of pyridine rings is 5. The number of esters is 2. The topological polar surface area (TPSA) is 444 Å². The first-order valence-electron chi connectivity index (χ1n) is 36.2. The van der Waals surface area contributed by atoms with E-state index in [2.05, 4.69) is 89.5 Å². The molecule has 0 spiro atoms. The summed E-state index contributed by atoms with van der Waals surface area (Å²) in [5, 5.41) is 22.5. The number of amides is 6. The van der Waals surface area contributed by atoms with Crippen LogP contribution in [0.25, 0.3) is 11.0 Å². The van der Waals surface area contributed by atoms with E-state index in [1.165, 1.54) is 98.2 Å². The van der Waals surface area contributed by atoms with E-state index in [0.29, 0.717) is 30.9 Å². The summed E-state index contributed by atoms with van der Waals surface area (Å²) in [5.74, 6) is -4.51. The molecular formula is C63H41BCl5N22NaO11. The molecule has 5 aliphatic heterocycles. The van der Waals surface area contributed by atoms with Crippen molar-refractivity contribution in [1.29, 1.82) is 5.34 Å². The van der Waals surface area contributed by atoms with Crippen molar-refractivity contribution in [2.45, 2.75) is 12.4 Å². The molecule has 6 amide bonds. The molecule has 0 saturated heterocycles. The van der Waals surface area contributed by atoms with Crippen LogP contribution in [0.4, 0.5) is 29.1 Å². The van der Waals surface area contributed by atoms with Crippen LogP contribution in [-0.4, -0.2) is 156 Å². The molecule has 11 aromatic heterocycles. The normalized spacial score (nSPS) is 17.5. The van der Waals surface area contributed by atoms with Crippen LogP contribution in [0.15, 0.2) is 190 Å². The second-order valence-electron chi connectivity index (χ2n) is 18.9. The number of rotatable bonds is 4. The molecule has 40 heteroatoms. The number of hydrogen-bond acceptors (Lipinski definition) is 29. The quantitative estimate of drug-likeness (QED) is 0.0984. The van der Waals surface area contributed by atoms with Crippen molar-refractivity contribution in [2.24, 2.45) is 0 Å². The number of aliphatic hydroxyl groups is 2. The van der Waals surface area contributed by atoms with Gasteiger partial charge in [0.05, 0.1) is 54.0 Å². The van der Waals surface area contributed by atoms with Crippen LogP contribution in [0.3, 0.4) is 0 Å². The zero-order chi connectivity index (χ0) is 87.3. The number of nitrogens with two attached hydrogens (primary N) is 1. The zero-order valence-electron chi connectivity index (χ0n) is 68.1. The molecule has 0 bridgehead atoms. The summed E-state index contributed by atoms with van der Waals surface area (Å²) in [6.45, 7) is 0. The van der Waals surface area contributed by atoms with Gasteiger partial charge in [-0.15, -0.1) is 0 Å². The Bertz CT molecular complexity index is 5910. The number of aliphatic hydroxyl groups excluding tert-OH is 1. The molecule has 17 rings (SSSR count). The Morgan fingerprint density at radius 2 is 0.728 bits per heavy atom. The summed E-state index contributed by atoms with van der Waals surface area (Å²) in [4.78, 5) is 162. The second-order valence-corrected chi connectivity index (χ2v) is 21.1. The SMILES string of the molecule is Nc1ccc(Cl)cn1.O=C1c2nccnc2C(=O)N1c1ccc(Cl)cn1.[2H]C1(O)c2nccnc2C(=O)N1c1ccc(Cl)cn1.[2H][B-]([2H])([2H])[2H].[2H]c1nc2c([2H])c([2H])c([2H])c([2H])c2nc1[2H].[2H]c1nc2c(nc1[2H])C(=O)N(c1ccc(Cl)cn1)C2=O.[2H]c1nc2c(nc1[2H])C(=O)OC2=O.[2H]c1nc2c(nc1[2H])C(O)N(c1ccc(Cl)cn1)C2=O.[Na+]. The fourth-order valence-corrected chi connectivity index (χ4v) is 8.92. The number of cyclic esters (lactones) is 2. The number of fused-ring (bicyclic) bond motifs is 6. The van der Waals surface area contributed by atoms with E-state index in [4.69, 9.17) is 86.9 Å². The van der Waals surface area contributed by atoms with Crippen molar-refractivity contribution in [3.63, 3.8) is 0 Å². The number of benzene rings is 1. The monoisotopic (exact) mass is 1510 g/mol. The summed E-state index contributed by atoms with van der Waals surface area (Å²) in [5.41, 5.74) is 3.76. The van der Waals surface area contributed by atoms with E-state index in [0.717, 1.165) is 19.6 Å². The van der Waals surface area contributed by atoms with Gasteiger partial charge in [-0.25, -0.2) is 89.5 Å². The number of imide groups is 2. The average Bonchev–Trinajstić information content (AvgIpc) is 1.51. The van der Waals surface area contributed by atoms with Crippen LogP contribution in [0.2, 0.25) is 25.1 Å². The first kappa shape index (κ1) is 55.0. The largest absolute Gasteiger partial charge is 1.00 e. The maximum absolute atomic E-state index is 12.2. The van der Waals surface area contributed by atoms with Crippen molar-refractivity contribution >= 4 is 154 Å². The van der Waals surface area contributed by atoms with Crippen molar-refractivity contribution < 1.29 is 101 Å². The predicted molar refractivity (Wildman–Crippen MR) is 367 cm³/mol. The minimum Gasteiger partial charge on any atom is -0.384 e. The molecule has 0 saturated carbocycles. The van der Waals surface area contributed by atoms with Gasteiger partial charge >= 0.3 is 41.5 Å². The third-order valence-electron chi connectivity index (χ3n) is 12.8. The number of carbonyl (C=O) groups is 8. The number of halogens is 5. The predicted octanol–water partition coefficient (Wildman–Crippen LogP) is 3.29. The van der Waals surface area contributed by atoms with Gasteiger partial charge in [-0.2, -0.15) is 0 Å². The number of nitrogens with zero attached hydrogens (tertiary/aromatic N) is 21. The molecule has 5 aliphatic rings. The van der Waals surface area contributed by atoms with Crippen molar-refractivity contribution in [3.05, 3.63) is 272 Å². The fraction of sp³-hybridized carbons (Fsp3) is 0.0317. The molecule has 2 atom stereocenters. The maximum Gasteiger partial charge on any atom is 1.00 e. The van der Waals surface area contributed by atoms with Crippen molar-refractivity contribution in [1.82, 2.24) is 84.7 Å². The molecule has 1 aromatic carbocycles. The van der Waals surface area contributed by atoms with Crippen LogP contribution < -0.4 is 54.9 Å². The molecule has 0 aliphatic carbocycles. The molecule has 0 fully saturated rings. The van der Waals surface area contributed by atoms with Gasteiger partial charge < -0.3 is 20.7 Å². The number of para-hydroxylation sites is 2. The first-order valence-corrected chi connectivity index (χ1v) is 29.2. The van der Waals surface area contributed by atoms with E-state index in [-0.39, 0.29) is 133 Å². The average molecular weight is 1510 g/mol. The summed E-state index contributed by atoms with van der Waals surface area (Å²) >= 11 is 28.3. The summed E-state index contributed by atoms with van der Waals surface area (Å²) < 4.78 is 124. The number of hydrogen-bond donors (Lipinski definition) is 3. The Balaban J connectivity index is 0.000000159. The molecule has 16 heterocycles. The van der Waals surface area contributed by atoms with Crippen LogP contribution in [-0.2, 0) is 4.74 Å². The molecule has 508 valence electrons. The summed E-state index contributed by atoms with van der Waals surface area (Å²) in [6, 6.07) is 13.7. The van der Waals surface area contributed by atoms with E-state index in [1.54, 1.807) is 18.2 Å². The van der Waals surface area contributed by atoms with Gasteiger partial charge in [-0.3, -0.25) is 58.5 Å². The van der Waals surface area contributed by atoms with Crippen LogP contribution in [0, 0.1) is 0 Å². The van der Waals surface area contributed by atoms with E-state index >= 15 is 0 Å². The fourth-order valence-electron chi connectivity index (χ4n) is 8.37. The Morgan fingerprint density at radius 3 is 1.13 bits per heavy atom. The first-order chi connectivity index (χ1) is 56.0. The smallest absolute Gasteiger partial charge is 0.384 e. The van der Waals surface area contributed by atoms with Gasteiger partial charge in [0.15, 0.2) is 58.0 Å². The van der Waals surface area contributed by atoms with Gasteiger partial charge in [0, 0.05) is 105 Å². The zero-order valence-corrected chi connectivity index (χ0v) is 56.8. The van der Waals surface area contributed by atoms with E-state index in [9.17, 15) is 48.6 Å².